The number of nitrogens with two attached hydrogens (primary N) is 2. The number of methoxy groups -OCH3 is 2. The van der Waals surface area contributed by atoms with Gasteiger partial charge >= 0.3 is 5.97 Å². The number of hydrogen-bond acceptors (Lipinski definition) is 22. The molecule has 23 heteroatoms. The third-order valence-corrected chi connectivity index (χ3v) is 14.1. The van der Waals surface area contributed by atoms with E-state index in [1.54, 1.807) is 13.8 Å². The van der Waals surface area contributed by atoms with Crippen molar-refractivity contribution in [3.05, 3.63) is 51.6 Å². The van der Waals surface area contributed by atoms with Gasteiger partial charge in [0.2, 0.25) is 17.5 Å². The highest BCUT2D eigenvalue weighted by atomic mass is 16.7. The van der Waals surface area contributed by atoms with Gasteiger partial charge in [-0.1, -0.05) is 26.0 Å². The van der Waals surface area contributed by atoms with Crippen molar-refractivity contribution in [2.75, 3.05) is 34.0 Å². The maximum absolute atomic E-state index is 14.1. The molecule has 3 fully saturated rings. The number of fused-ring (bicyclic) bond motifs is 3. The molecule has 2 saturated heterocycles. The largest absolute Gasteiger partial charge is 0.507 e. The van der Waals surface area contributed by atoms with E-state index in [1.807, 2.05) is 0 Å². The highest BCUT2D eigenvalue weighted by molar-refractivity contribution is 6.31. The minimum Gasteiger partial charge on any atom is -0.507 e. The van der Waals surface area contributed by atoms with Crippen molar-refractivity contribution < 1.29 is 98.0 Å². The Morgan fingerprint density at radius 2 is 1.54 bits per heavy atom. The summed E-state index contributed by atoms with van der Waals surface area (Å²) in [6, 6.07) is 1.02. The monoisotopic (exact) mass is 975 g/mol. The van der Waals surface area contributed by atoms with E-state index in [1.165, 1.54) is 32.4 Å². The van der Waals surface area contributed by atoms with Crippen molar-refractivity contribution in [2.45, 2.75) is 138 Å². The molecule has 11 unspecified atom stereocenters. The topological polar surface area (TPSA) is 376 Å². The average Bonchev–Trinajstić information content (AvgIpc) is 3.32. The van der Waals surface area contributed by atoms with E-state index in [-0.39, 0.29) is 46.8 Å². The maximum atomic E-state index is 14.1. The summed E-state index contributed by atoms with van der Waals surface area (Å²) in [5.74, 6) is -7.26. The van der Waals surface area contributed by atoms with Crippen LogP contribution in [0.15, 0.2) is 18.2 Å². The van der Waals surface area contributed by atoms with Gasteiger partial charge in [-0.3, -0.25) is 24.0 Å². The van der Waals surface area contributed by atoms with Gasteiger partial charge in [-0.2, -0.15) is 0 Å². The van der Waals surface area contributed by atoms with Crippen molar-refractivity contribution >= 4 is 29.2 Å². The molecule has 23 nitrogen and oxygen atoms in total. The number of hydrogen-bond donors (Lipinski definition) is 11. The number of esters is 1. The predicted octanol–water partition coefficient (Wildman–Crippen LogP) is -2.37. The van der Waals surface area contributed by atoms with E-state index < -0.39 is 188 Å². The number of benzene rings is 2. The number of aromatic hydroxyl groups is 2. The van der Waals surface area contributed by atoms with Crippen LogP contribution in [0.5, 0.6) is 17.2 Å². The zero-order valence-corrected chi connectivity index (χ0v) is 38.4. The Morgan fingerprint density at radius 3 is 2.19 bits per heavy atom. The lowest BCUT2D eigenvalue weighted by atomic mass is 9.71. The maximum Gasteiger partial charge on any atom is 0.306 e. The number of rotatable bonds is 15. The molecule has 7 rings (SSSR count). The Hall–Kier alpha value is -4.73. The summed E-state index contributed by atoms with van der Waals surface area (Å²) < 4.78 is 39.6. The number of nitrogens with one attached hydrogen (secondary N) is 1. The number of aliphatic hydroxyl groups is 6. The van der Waals surface area contributed by atoms with Crippen LogP contribution in [0.25, 0.3) is 0 Å². The van der Waals surface area contributed by atoms with E-state index in [0.29, 0.717) is 0 Å². The fraction of sp³-hybridized carbons (Fsp3) is 0.630. The Bertz CT molecular complexity index is 2280. The SMILES string of the molecule is COc1cccc2c1C(=O)c1c(O)c3c(c(O)c1C2=O)C[C@@](O)(C(=O)COC(=O)CCC(=O)NC1C(OC2C(CO)OC(OC)C(N)C2O)OC(CO)C(C)C1O)C[C@@H]3OC1C[C@@H](C)[C@@H](O)[C@@H](N)C1. The van der Waals surface area contributed by atoms with Crippen molar-refractivity contribution in [1.82, 2.24) is 5.32 Å². The van der Waals surface area contributed by atoms with Crippen molar-refractivity contribution in [1.29, 1.82) is 0 Å². The Kier molecular flexibility index (Phi) is 15.8. The molecule has 380 valence electrons. The van der Waals surface area contributed by atoms with Gasteiger partial charge in [-0.05, 0) is 24.8 Å². The number of amides is 1. The number of phenols is 2. The molecule has 2 aromatic rings. The minimum atomic E-state index is -2.48. The second kappa shape index (κ2) is 20.9. The average molecular weight is 976 g/mol. The lowest BCUT2D eigenvalue weighted by molar-refractivity contribution is -0.323. The summed E-state index contributed by atoms with van der Waals surface area (Å²) in [6.07, 6.45) is -14.3. The number of ketones is 3. The summed E-state index contributed by atoms with van der Waals surface area (Å²) in [7, 11) is 2.58. The van der Waals surface area contributed by atoms with Crippen molar-refractivity contribution in [2.24, 2.45) is 23.3 Å². The summed E-state index contributed by atoms with van der Waals surface area (Å²) in [6.45, 7) is 1.02. The van der Waals surface area contributed by atoms with Crippen molar-refractivity contribution in [3.8, 4) is 17.2 Å². The number of Topliss-reactive ketones (excluding diaryl/α,β-unsaturated/α-hetero) is 1. The Morgan fingerprint density at radius 1 is 0.855 bits per heavy atom. The van der Waals surface area contributed by atoms with Crippen LogP contribution >= 0.6 is 0 Å². The summed E-state index contributed by atoms with van der Waals surface area (Å²) in [5.41, 5.74) is 7.97. The first-order chi connectivity index (χ1) is 32.7. The molecule has 16 atom stereocenters. The van der Waals surface area contributed by atoms with Crippen LogP contribution in [0.2, 0.25) is 0 Å². The molecule has 13 N–H and O–H groups in total. The molecule has 2 aromatic carbocycles. The minimum absolute atomic E-state index is 0.0414. The van der Waals surface area contributed by atoms with Gasteiger partial charge < -0.3 is 90.8 Å². The third kappa shape index (κ3) is 9.85. The second-order valence-corrected chi connectivity index (χ2v) is 18.5. The van der Waals surface area contributed by atoms with Gasteiger partial charge in [-0.15, -0.1) is 0 Å². The summed E-state index contributed by atoms with van der Waals surface area (Å²) in [5, 5.41) is 91.1. The fourth-order valence-corrected chi connectivity index (χ4v) is 10.1. The van der Waals surface area contributed by atoms with Gasteiger partial charge in [0.1, 0.15) is 47.2 Å². The van der Waals surface area contributed by atoms with Crippen LogP contribution in [-0.2, 0) is 49.2 Å². The predicted molar refractivity (Wildman–Crippen MR) is 233 cm³/mol. The molecule has 5 aliphatic rings. The number of phenolic OH excluding ortho intramolecular Hbond substituents is 2. The van der Waals surface area contributed by atoms with Crippen molar-refractivity contribution in [3.63, 3.8) is 0 Å². The summed E-state index contributed by atoms with van der Waals surface area (Å²) in [4.78, 5) is 68.4. The Labute approximate surface area is 395 Å². The highest BCUT2D eigenvalue weighted by Gasteiger charge is 2.52. The van der Waals surface area contributed by atoms with Gasteiger partial charge in [-0.25, -0.2) is 0 Å². The molecule has 1 amide bonds. The van der Waals surface area contributed by atoms with Crippen LogP contribution in [0.1, 0.15) is 95.0 Å². The van der Waals surface area contributed by atoms with E-state index >= 15 is 0 Å². The van der Waals surface area contributed by atoms with Gasteiger partial charge in [0.05, 0.1) is 80.0 Å². The van der Waals surface area contributed by atoms with E-state index in [9.17, 15) is 64.8 Å². The van der Waals surface area contributed by atoms with Gasteiger partial charge in [0.25, 0.3) is 0 Å². The first-order valence-electron chi connectivity index (χ1n) is 22.7. The van der Waals surface area contributed by atoms with E-state index in [0.717, 1.165) is 0 Å². The zero-order chi connectivity index (χ0) is 50.4. The molecule has 0 aromatic heterocycles. The lowest BCUT2D eigenvalue weighted by Gasteiger charge is -2.47. The molecule has 0 spiro atoms. The number of aliphatic hydroxyl groups excluding tert-OH is 5. The molecule has 0 radical (unpaired) electrons. The quantitative estimate of drug-likeness (QED) is 0.0560. The standard InChI is InChI=1S/C46H61N3O20/c1-17-10-19(11-22(47)36(17)55)66-24-13-46(62,12-21-31(24)41(60)33-32(39(21)58)38(57)20-6-5-7-23(63-3)30(20)40(33)59)27(52)16-65-29(54)9-8-28(53)49-35-37(56)18(2)25(14-50)67-45(35)69-43-26(15-51)68-44(64-4)34(48)42(43)61/h5-7,17-19,22,24-26,34-37,42-45,50-51,55-56,58,60-62H,8-16,47-48H2,1-4H3,(H,49,53)/t17-,18?,19?,22+,24+,25?,26?,34?,35?,36-,37?,42?,43?,44?,45?,46+/m1/s1. The molecule has 69 heavy (non-hydrogen) atoms. The molecular formula is C46H61N3O20. The number of ether oxygens (including phenoxy) is 7. The molecule has 1 saturated carbocycles. The molecule has 2 aliphatic heterocycles. The molecule has 2 heterocycles. The number of carbonyl (C=O) groups excluding carboxylic acids is 5. The zero-order valence-electron chi connectivity index (χ0n) is 38.4. The Balaban J connectivity index is 1.06. The van der Waals surface area contributed by atoms with Crippen LogP contribution < -0.4 is 21.5 Å². The molecular weight excluding hydrogens is 915 g/mol. The second-order valence-electron chi connectivity index (χ2n) is 18.5. The first kappa shape index (κ1) is 52.1. The van der Waals surface area contributed by atoms with Crippen LogP contribution in [-0.4, -0.2) is 183 Å². The fourth-order valence-electron chi connectivity index (χ4n) is 10.1. The van der Waals surface area contributed by atoms with Crippen LogP contribution in [0.4, 0.5) is 0 Å². The normalized spacial score (nSPS) is 35.3. The molecule has 3 aliphatic carbocycles. The lowest BCUT2D eigenvalue weighted by Crippen LogP contribution is -2.67. The first-order valence-corrected chi connectivity index (χ1v) is 22.7. The van der Waals surface area contributed by atoms with E-state index in [2.05, 4.69) is 5.32 Å². The van der Waals surface area contributed by atoms with Gasteiger partial charge in [0.15, 0.2) is 25.0 Å². The highest BCUT2D eigenvalue weighted by Crippen LogP contribution is 2.53. The van der Waals surface area contributed by atoms with Gasteiger partial charge in [0, 0.05) is 55.0 Å². The number of carbonyl (C=O) groups is 5. The van der Waals surface area contributed by atoms with Crippen LogP contribution in [0.3, 0.4) is 0 Å². The third-order valence-electron chi connectivity index (χ3n) is 14.1. The summed E-state index contributed by atoms with van der Waals surface area (Å²) >= 11 is 0. The van der Waals surface area contributed by atoms with E-state index in [4.69, 9.17) is 44.6 Å². The smallest absolute Gasteiger partial charge is 0.306 e. The molecule has 0 bridgehead atoms. The van der Waals surface area contributed by atoms with Crippen LogP contribution in [0, 0.1) is 11.8 Å².